The lowest BCUT2D eigenvalue weighted by Gasteiger charge is -2.07. The van der Waals surface area contributed by atoms with Gasteiger partial charge in [-0.3, -0.25) is 4.79 Å². The van der Waals surface area contributed by atoms with Gasteiger partial charge in [-0.1, -0.05) is 20.3 Å². The standard InChI is InChI=1S/C9H19NO/c1-3-4-5-9(11)8(2)6-7-10/h8H,3-7,10H2,1-2H3. The molecule has 0 spiro atoms. The minimum absolute atomic E-state index is 0.173. The third-order valence-electron chi connectivity index (χ3n) is 1.93. The van der Waals surface area contributed by atoms with Crippen LogP contribution in [0.4, 0.5) is 0 Å². The molecule has 66 valence electrons. The van der Waals surface area contributed by atoms with E-state index in [4.69, 9.17) is 5.73 Å². The topological polar surface area (TPSA) is 43.1 Å². The molecule has 0 aliphatic rings. The minimum Gasteiger partial charge on any atom is -0.330 e. The number of rotatable bonds is 6. The van der Waals surface area contributed by atoms with E-state index in [1.165, 1.54) is 0 Å². The maximum atomic E-state index is 11.2. The van der Waals surface area contributed by atoms with E-state index in [1.807, 2.05) is 6.92 Å². The number of ketones is 1. The van der Waals surface area contributed by atoms with Crippen LogP contribution in [0, 0.1) is 5.92 Å². The molecule has 0 radical (unpaired) electrons. The summed E-state index contributed by atoms with van der Waals surface area (Å²) in [4.78, 5) is 11.2. The van der Waals surface area contributed by atoms with Crippen molar-refractivity contribution in [2.75, 3.05) is 6.54 Å². The molecule has 2 heteroatoms. The number of carbonyl (C=O) groups is 1. The van der Waals surface area contributed by atoms with Crippen LogP contribution in [0.5, 0.6) is 0 Å². The second kappa shape index (κ2) is 6.35. The molecule has 0 bridgehead atoms. The van der Waals surface area contributed by atoms with Gasteiger partial charge in [0.1, 0.15) is 5.78 Å². The molecule has 11 heavy (non-hydrogen) atoms. The molecule has 1 unspecified atom stereocenters. The zero-order chi connectivity index (χ0) is 8.69. The van der Waals surface area contributed by atoms with Crippen molar-refractivity contribution in [1.82, 2.24) is 0 Å². The van der Waals surface area contributed by atoms with Gasteiger partial charge < -0.3 is 5.73 Å². The van der Waals surface area contributed by atoms with Crippen LogP contribution >= 0.6 is 0 Å². The molecule has 2 N–H and O–H groups in total. The van der Waals surface area contributed by atoms with Crippen LogP contribution in [0.2, 0.25) is 0 Å². The largest absolute Gasteiger partial charge is 0.330 e. The molecule has 0 amide bonds. The molecule has 0 aromatic carbocycles. The highest BCUT2D eigenvalue weighted by molar-refractivity contribution is 5.80. The van der Waals surface area contributed by atoms with Gasteiger partial charge in [0.2, 0.25) is 0 Å². The first-order valence-electron chi connectivity index (χ1n) is 4.45. The van der Waals surface area contributed by atoms with Crippen molar-refractivity contribution >= 4 is 5.78 Å². The quantitative estimate of drug-likeness (QED) is 0.638. The SMILES string of the molecule is CCCCC(=O)C(C)CCN. The van der Waals surface area contributed by atoms with Gasteiger partial charge in [0.15, 0.2) is 0 Å². The first-order valence-corrected chi connectivity index (χ1v) is 4.45. The molecule has 0 rings (SSSR count). The lowest BCUT2D eigenvalue weighted by molar-refractivity contribution is -0.122. The summed E-state index contributed by atoms with van der Waals surface area (Å²) >= 11 is 0. The number of nitrogens with two attached hydrogens (primary N) is 1. The average Bonchev–Trinajstić information content (AvgIpc) is 2.00. The lowest BCUT2D eigenvalue weighted by atomic mass is 9.98. The minimum atomic E-state index is 0.173. The molecule has 2 nitrogen and oxygen atoms in total. The highest BCUT2D eigenvalue weighted by atomic mass is 16.1. The highest BCUT2D eigenvalue weighted by Crippen LogP contribution is 2.07. The first kappa shape index (κ1) is 10.6. The van der Waals surface area contributed by atoms with Crippen molar-refractivity contribution < 1.29 is 4.79 Å². The fraction of sp³-hybridized carbons (Fsp3) is 0.889. The van der Waals surface area contributed by atoms with E-state index >= 15 is 0 Å². The molecule has 0 saturated heterocycles. The van der Waals surface area contributed by atoms with Crippen LogP contribution in [0.1, 0.15) is 39.5 Å². The Morgan fingerprint density at radius 2 is 2.18 bits per heavy atom. The van der Waals surface area contributed by atoms with E-state index in [-0.39, 0.29) is 5.92 Å². The van der Waals surface area contributed by atoms with Crippen LogP contribution in [0.3, 0.4) is 0 Å². The molecule has 1 atom stereocenters. The van der Waals surface area contributed by atoms with E-state index in [1.54, 1.807) is 0 Å². The van der Waals surface area contributed by atoms with Gasteiger partial charge in [-0.15, -0.1) is 0 Å². The smallest absolute Gasteiger partial charge is 0.135 e. The number of carbonyl (C=O) groups excluding carboxylic acids is 1. The summed E-state index contributed by atoms with van der Waals surface area (Å²) in [5, 5.41) is 0. The van der Waals surface area contributed by atoms with E-state index in [2.05, 4.69) is 6.92 Å². The van der Waals surface area contributed by atoms with Gasteiger partial charge in [0.25, 0.3) is 0 Å². The predicted molar refractivity (Wildman–Crippen MR) is 47.4 cm³/mol. The number of unbranched alkanes of at least 4 members (excludes halogenated alkanes) is 1. The van der Waals surface area contributed by atoms with Gasteiger partial charge in [0, 0.05) is 12.3 Å². The Bertz CT molecular complexity index is 112. The molecule has 0 aromatic heterocycles. The van der Waals surface area contributed by atoms with Crippen molar-refractivity contribution in [3.05, 3.63) is 0 Å². The van der Waals surface area contributed by atoms with Gasteiger partial charge in [-0.2, -0.15) is 0 Å². The normalized spacial score (nSPS) is 13.0. The maximum Gasteiger partial charge on any atom is 0.135 e. The first-order chi connectivity index (χ1) is 5.22. The van der Waals surface area contributed by atoms with Gasteiger partial charge in [0.05, 0.1) is 0 Å². The van der Waals surface area contributed by atoms with E-state index in [0.29, 0.717) is 12.3 Å². The second-order valence-corrected chi connectivity index (χ2v) is 3.05. The lowest BCUT2D eigenvalue weighted by Crippen LogP contribution is -2.15. The Morgan fingerprint density at radius 1 is 1.55 bits per heavy atom. The molecular weight excluding hydrogens is 138 g/mol. The van der Waals surface area contributed by atoms with Gasteiger partial charge >= 0.3 is 0 Å². The molecule has 0 aliphatic carbocycles. The monoisotopic (exact) mass is 157 g/mol. The summed E-state index contributed by atoms with van der Waals surface area (Å²) in [6.07, 6.45) is 3.69. The third-order valence-corrected chi connectivity index (χ3v) is 1.93. The van der Waals surface area contributed by atoms with Crippen molar-refractivity contribution in [3.63, 3.8) is 0 Å². The Kier molecular flexibility index (Phi) is 6.13. The van der Waals surface area contributed by atoms with Crippen molar-refractivity contribution in [1.29, 1.82) is 0 Å². The summed E-state index contributed by atoms with van der Waals surface area (Å²) in [6.45, 7) is 4.69. The average molecular weight is 157 g/mol. The summed E-state index contributed by atoms with van der Waals surface area (Å²) in [5.74, 6) is 0.545. The van der Waals surface area contributed by atoms with Gasteiger partial charge in [-0.25, -0.2) is 0 Å². The fourth-order valence-electron chi connectivity index (χ4n) is 1.01. The van der Waals surface area contributed by atoms with E-state index in [0.717, 1.165) is 25.7 Å². The molecular formula is C9H19NO. The van der Waals surface area contributed by atoms with Gasteiger partial charge in [-0.05, 0) is 19.4 Å². The van der Waals surface area contributed by atoms with Crippen molar-refractivity contribution in [2.24, 2.45) is 11.7 Å². The summed E-state index contributed by atoms with van der Waals surface area (Å²) in [5.41, 5.74) is 5.34. The van der Waals surface area contributed by atoms with E-state index < -0.39 is 0 Å². The molecule has 0 saturated carbocycles. The zero-order valence-corrected chi connectivity index (χ0v) is 7.60. The molecule has 0 heterocycles. The molecule has 0 fully saturated rings. The number of hydrogen-bond donors (Lipinski definition) is 1. The Morgan fingerprint density at radius 3 is 2.64 bits per heavy atom. The predicted octanol–water partition coefficient (Wildman–Crippen LogP) is 1.73. The zero-order valence-electron chi connectivity index (χ0n) is 7.60. The van der Waals surface area contributed by atoms with Crippen LogP contribution in [-0.2, 0) is 4.79 Å². The number of hydrogen-bond acceptors (Lipinski definition) is 2. The third kappa shape index (κ3) is 4.96. The van der Waals surface area contributed by atoms with E-state index in [9.17, 15) is 4.79 Å². The Balaban J connectivity index is 3.47. The summed E-state index contributed by atoms with van der Waals surface area (Å²) < 4.78 is 0. The van der Waals surface area contributed by atoms with Crippen LogP contribution < -0.4 is 5.73 Å². The van der Waals surface area contributed by atoms with Crippen LogP contribution in [0.15, 0.2) is 0 Å². The maximum absolute atomic E-state index is 11.2. The van der Waals surface area contributed by atoms with Crippen molar-refractivity contribution in [2.45, 2.75) is 39.5 Å². The Hall–Kier alpha value is -0.370. The fourth-order valence-corrected chi connectivity index (χ4v) is 1.01. The highest BCUT2D eigenvalue weighted by Gasteiger charge is 2.10. The second-order valence-electron chi connectivity index (χ2n) is 3.05. The molecule has 0 aromatic rings. The van der Waals surface area contributed by atoms with Crippen molar-refractivity contribution in [3.8, 4) is 0 Å². The number of Topliss-reactive ketones (excluding diaryl/α,β-unsaturated/α-hetero) is 1. The Labute approximate surface area is 69.2 Å². The summed E-state index contributed by atoms with van der Waals surface area (Å²) in [6, 6.07) is 0. The van der Waals surface area contributed by atoms with Crippen LogP contribution in [0.25, 0.3) is 0 Å². The summed E-state index contributed by atoms with van der Waals surface area (Å²) in [7, 11) is 0. The van der Waals surface area contributed by atoms with Crippen LogP contribution in [-0.4, -0.2) is 12.3 Å². The molecule has 0 aliphatic heterocycles.